The summed E-state index contributed by atoms with van der Waals surface area (Å²) in [5.74, 6) is -1.84. The van der Waals surface area contributed by atoms with Crippen LogP contribution in [0, 0.1) is 5.82 Å². The molecule has 0 spiro atoms. The van der Waals surface area contributed by atoms with E-state index in [-0.39, 0.29) is 16.8 Å². The van der Waals surface area contributed by atoms with Crippen LogP contribution in [-0.4, -0.2) is 37.7 Å². The van der Waals surface area contributed by atoms with Crippen LogP contribution in [0.5, 0.6) is 0 Å². The molecule has 9 nitrogen and oxygen atoms in total. The third kappa shape index (κ3) is 4.96. The summed E-state index contributed by atoms with van der Waals surface area (Å²) in [6.45, 7) is 1.74. The second kappa shape index (κ2) is 9.60. The molecule has 4 rings (SSSR count). The number of tetrazole rings is 1. The first-order chi connectivity index (χ1) is 16.0. The van der Waals surface area contributed by atoms with Gasteiger partial charge in [-0.1, -0.05) is 36.4 Å². The fraction of sp³-hybridized carbons (Fsp3) is 0.0435. The summed E-state index contributed by atoms with van der Waals surface area (Å²) >= 11 is 0. The second-order valence-corrected chi connectivity index (χ2v) is 6.92. The molecule has 0 aliphatic rings. The minimum Gasteiger partial charge on any atom is -0.321 e. The van der Waals surface area contributed by atoms with Crippen LogP contribution in [0.25, 0.3) is 5.69 Å². The van der Waals surface area contributed by atoms with Gasteiger partial charge in [-0.15, -0.1) is 5.10 Å². The van der Waals surface area contributed by atoms with E-state index < -0.39 is 17.6 Å². The smallest absolute Gasteiger partial charge is 0.273 e. The zero-order chi connectivity index (χ0) is 23.2. The highest BCUT2D eigenvalue weighted by Crippen LogP contribution is 2.17. The Labute approximate surface area is 187 Å². The number of nitrogens with zero attached hydrogens (tertiary/aromatic N) is 5. The highest BCUT2D eigenvalue weighted by atomic mass is 19.1. The molecule has 0 aliphatic carbocycles. The fourth-order valence-corrected chi connectivity index (χ4v) is 3.04. The summed E-state index contributed by atoms with van der Waals surface area (Å²) in [7, 11) is 0. The van der Waals surface area contributed by atoms with Gasteiger partial charge in [-0.2, -0.15) is 5.10 Å². The van der Waals surface area contributed by atoms with Crippen molar-refractivity contribution in [3.63, 3.8) is 0 Å². The summed E-state index contributed by atoms with van der Waals surface area (Å²) in [5.41, 5.74) is 4.82. The Hall–Kier alpha value is -4.73. The molecule has 0 atom stereocenters. The Balaban J connectivity index is 1.50. The SMILES string of the molecule is C/C(=N\NC(=O)c1ccccc1NC(=O)c1ccccc1F)c1cccc(-n2cnnn2)c1. The van der Waals surface area contributed by atoms with Crippen molar-refractivity contribution in [3.05, 3.63) is 102 Å². The van der Waals surface area contributed by atoms with Crippen molar-refractivity contribution in [1.29, 1.82) is 0 Å². The molecule has 0 aliphatic heterocycles. The molecule has 3 aromatic carbocycles. The highest BCUT2D eigenvalue weighted by molar-refractivity contribution is 6.09. The van der Waals surface area contributed by atoms with E-state index in [2.05, 4.69) is 31.4 Å². The van der Waals surface area contributed by atoms with Gasteiger partial charge >= 0.3 is 0 Å². The lowest BCUT2D eigenvalue weighted by atomic mass is 10.1. The molecule has 0 unspecified atom stereocenters. The van der Waals surface area contributed by atoms with Crippen LogP contribution in [-0.2, 0) is 0 Å². The monoisotopic (exact) mass is 443 g/mol. The van der Waals surface area contributed by atoms with Crippen molar-refractivity contribution in [1.82, 2.24) is 25.6 Å². The molecule has 10 heteroatoms. The van der Waals surface area contributed by atoms with Gasteiger partial charge in [0, 0.05) is 0 Å². The molecule has 33 heavy (non-hydrogen) atoms. The first-order valence-electron chi connectivity index (χ1n) is 9.86. The van der Waals surface area contributed by atoms with Crippen LogP contribution in [0.3, 0.4) is 0 Å². The Morgan fingerprint density at radius 1 is 0.939 bits per heavy atom. The maximum atomic E-state index is 13.9. The topological polar surface area (TPSA) is 114 Å². The maximum absolute atomic E-state index is 13.9. The van der Waals surface area contributed by atoms with E-state index in [1.807, 2.05) is 24.3 Å². The predicted molar refractivity (Wildman–Crippen MR) is 120 cm³/mol. The van der Waals surface area contributed by atoms with Crippen molar-refractivity contribution >= 4 is 23.2 Å². The normalized spacial score (nSPS) is 11.2. The van der Waals surface area contributed by atoms with Gasteiger partial charge in [0.25, 0.3) is 11.8 Å². The number of hydrazone groups is 1. The third-order valence-electron chi connectivity index (χ3n) is 4.74. The van der Waals surface area contributed by atoms with Crippen molar-refractivity contribution in [2.45, 2.75) is 6.92 Å². The first kappa shape index (κ1) is 21.5. The lowest BCUT2D eigenvalue weighted by Crippen LogP contribution is -2.22. The molecule has 0 radical (unpaired) electrons. The van der Waals surface area contributed by atoms with E-state index in [0.29, 0.717) is 5.71 Å². The number of hydrogen-bond donors (Lipinski definition) is 2. The van der Waals surface area contributed by atoms with Gasteiger partial charge in [-0.05, 0) is 59.3 Å². The van der Waals surface area contributed by atoms with Gasteiger partial charge in [0.1, 0.15) is 12.1 Å². The summed E-state index contributed by atoms with van der Waals surface area (Å²) in [4.78, 5) is 25.2. The average molecular weight is 443 g/mol. The Morgan fingerprint density at radius 2 is 1.70 bits per heavy atom. The van der Waals surface area contributed by atoms with E-state index in [4.69, 9.17) is 0 Å². The molecule has 0 bridgehead atoms. The van der Waals surface area contributed by atoms with Crippen molar-refractivity contribution in [3.8, 4) is 5.69 Å². The van der Waals surface area contributed by atoms with Gasteiger partial charge in [0.15, 0.2) is 0 Å². The molecule has 2 amide bonds. The number of aromatic nitrogens is 4. The van der Waals surface area contributed by atoms with E-state index in [1.165, 1.54) is 35.3 Å². The van der Waals surface area contributed by atoms with Crippen molar-refractivity contribution in [2.75, 3.05) is 5.32 Å². The number of carbonyl (C=O) groups excluding carboxylic acids is 2. The van der Waals surface area contributed by atoms with Gasteiger partial charge < -0.3 is 5.32 Å². The van der Waals surface area contributed by atoms with Crippen LogP contribution in [0.4, 0.5) is 10.1 Å². The number of halogens is 1. The van der Waals surface area contributed by atoms with Gasteiger partial charge in [-0.3, -0.25) is 9.59 Å². The van der Waals surface area contributed by atoms with Crippen LogP contribution >= 0.6 is 0 Å². The first-order valence-corrected chi connectivity index (χ1v) is 9.86. The second-order valence-electron chi connectivity index (χ2n) is 6.92. The standard InChI is InChI=1S/C23H18FN7O2/c1-15(16-7-6-8-17(13-16)31-14-25-29-30-31)27-28-23(33)19-10-3-5-12-21(19)26-22(32)18-9-2-4-11-20(18)24/h2-14H,1H3,(H,26,32)(H,28,33)/b27-15+. The summed E-state index contributed by atoms with van der Waals surface area (Å²) in [6, 6.07) is 19.3. The summed E-state index contributed by atoms with van der Waals surface area (Å²) in [6.07, 6.45) is 1.47. The molecule has 0 saturated carbocycles. The van der Waals surface area contributed by atoms with Crippen molar-refractivity contribution < 1.29 is 14.0 Å². The molecule has 1 aromatic heterocycles. The number of anilines is 1. The number of carbonyl (C=O) groups is 2. The predicted octanol–water partition coefficient (Wildman–Crippen LogP) is 3.21. The molecule has 4 aromatic rings. The average Bonchev–Trinajstić information content (AvgIpc) is 3.38. The number of nitrogens with one attached hydrogen (secondary N) is 2. The minimum absolute atomic E-state index is 0.121. The number of para-hydroxylation sites is 1. The lowest BCUT2D eigenvalue weighted by molar-refractivity contribution is 0.0955. The third-order valence-corrected chi connectivity index (χ3v) is 4.74. The van der Waals surface area contributed by atoms with Crippen LogP contribution in [0.2, 0.25) is 0 Å². The Morgan fingerprint density at radius 3 is 2.45 bits per heavy atom. The lowest BCUT2D eigenvalue weighted by Gasteiger charge is -2.11. The highest BCUT2D eigenvalue weighted by Gasteiger charge is 2.16. The van der Waals surface area contributed by atoms with Gasteiger partial charge in [-0.25, -0.2) is 14.5 Å². The van der Waals surface area contributed by atoms with E-state index in [9.17, 15) is 14.0 Å². The number of benzene rings is 3. The quantitative estimate of drug-likeness (QED) is 0.351. The number of rotatable bonds is 6. The van der Waals surface area contributed by atoms with E-state index in [0.717, 1.165) is 11.3 Å². The van der Waals surface area contributed by atoms with Crippen molar-refractivity contribution in [2.24, 2.45) is 5.10 Å². The van der Waals surface area contributed by atoms with E-state index >= 15 is 0 Å². The van der Waals surface area contributed by atoms with E-state index in [1.54, 1.807) is 31.2 Å². The zero-order valence-electron chi connectivity index (χ0n) is 17.4. The molecule has 2 N–H and O–H groups in total. The summed E-state index contributed by atoms with van der Waals surface area (Å²) < 4.78 is 15.4. The minimum atomic E-state index is -0.660. The number of amides is 2. The maximum Gasteiger partial charge on any atom is 0.273 e. The van der Waals surface area contributed by atoms with Crippen LogP contribution in [0.15, 0.2) is 84.2 Å². The zero-order valence-corrected chi connectivity index (χ0v) is 17.4. The Bertz CT molecular complexity index is 1340. The molecule has 0 saturated heterocycles. The molecular weight excluding hydrogens is 425 g/mol. The fourth-order valence-electron chi connectivity index (χ4n) is 3.04. The van der Waals surface area contributed by atoms with Crippen LogP contribution in [0.1, 0.15) is 33.2 Å². The summed E-state index contributed by atoms with van der Waals surface area (Å²) in [5, 5.41) is 17.8. The largest absolute Gasteiger partial charge is 0.321 e. The Kier molecular flexibility index (Phi) is 6.26. The van der Waals surface area contributed by atoms with Gasteiger partial charge in [0.2, 0.25) is 0 Å². The molecular formula is C23H18FN7O2. The molecule has 1 heterocycles. The number of hydrogen-bond acceptors (Lipinski definition) is 6. The molecule has 0 fully saturated rings. The molecule has 164 valence electrons. The van der Waals surface area contributed by atoms with Crippen LogP contribution < -0.4 is 10.7 Å². The van der Waals surface area contributed by atoms with Gasteiger partial charge in [0.05, 0.1) is 28.2 Å².